The molecule has 0 spiro atoms. The first kappa shape index (κ1) is 22.2. The normalized spacial score (nSPS) is 10.8. The summed E-state index contributed by atoms with van der Waals surface area (Å²) in [6, 6.07) is 0. The summed E-state index contributed by atoms with van der Waals surface area (Å²) in [5.41, 5.74) is 0. The fourth-order valence-electron chi connectivity index (χ4n) is 2.87. The molecule has 1 nitrogen and oxygen atoms in total. The van der Waals surface area contributed by atoms with Gasteiger partial charge in [0.15, 0.2) is 0 Å². The summed E-state index contributed by atoms with van der Waals surface area (Å²) in [4.78, 5) is 0. The molecule has 0 saturated carbocycles. The number of unbranched alkanes of at least 4 members (excludes halogenated alkanes) is 15. The van der Waals surface area contributed by atoms with E-state index in [1.54, 1.807) is 0 Å². The summed E-state index contributed by atoms with van der Waals surface area (Å²) < 4.78 is 0.626. The van der Waals surface area contributed by atoms with Gasteiger partial charge in [-0.2, -0.15) is 0 Å². The molecule has 22 heavy (non-hydrogen) atoms. The van der Waals surface area contributed by atoms with Crippen LogP contribution in [0, 0.1) is 0 Å². The third kappa shape index (κ3) is 20.2. The van der Waals surface area contributed by atoms with Crippen molar-refractivity contribution in [2.75, 3.05) is 6.54 Å². The van der Waals surface area contributed by atoms with E-state index in [1.165, 1.54) is 103 Å². The van der Waals surface area contributed by atoms with E-state index in [9.17, 15) is 0 Å². The first-order chi connectivity index (χ1) is 10.8. The third-order valence-electron chi connectivity index (χ3n) is 4.31. The Bertz CT molecular complexity index is 231. The minimum absolute atomic E-state index is 0.626. The Labute approximate surface area is 150 Å². The molecule has 132 valence electrons. The second kappa shape index (κ2) is 19.3. The van der Waals surface area contributed by atoms with E-state index < -0.39 is 0 Å². The maximum Gasteiger partial charge on any atom is 0.130 e. The van der Waals surface area contributed by atoms with Crippen molar-refractivity contribution in [3.63, 3.8) is 0 Å². The van der Waals surface area contributed by atoms with Crippen molar-refractivity contribution in [1.82, 2.24) is 5.32 Å². The van der Waals surface area contributed by atoms with Gasteiger partial charge in [-0.15, -0.1) is 12.6 Å². The zero-order chi connectivity index (χ0) is 16.3. The number of hydrogen-bond donors (Lipinski definition) is 2. The van der Waals surface area contributed by atoms with E-state index in [0.717, 1.165) is 6.54 Å². The van der Waals surface area contributed by atoms with Crippen LogP contribution in [0.15, 0.2) is 0 Å². The van der Waals surface area contributed by atoms with Gasteiger partial charge in [0.1, 0.15) is 4.32 Å². The van der Waals surface area contributed by atoms with Crippen LogP contribution in [0.2, 0.25) is 0 Å². The molecular weight excluding hydrogens is 306 g/mol. The number of hydrogen-bond acceptors (Lipinski definition) is 1. The van der Waals surface area contributed by atoms with E-state index >= 15 is 0 Å². The lowest BCUT2D eigenvalue weighted by atomic mass is 10.0. The van der Waals surface area contributed by atoms with E-state index in [2.05, 4.69) is 24.9 Å². The van der Waals surface area contributed by atoms with E-state index in [1.807, 2.05) is 0 Å². The van der Waals surface area contributed by atoms with Crippen molar-refractivity contribution in [2.45, 2.75) is 110 Å². The van der Waals surface area contributed by atoms with Crippen molar-refractivity contribution in [2.24, 2.45) is 0 Å². The molecule has 3 heteroatoms. The molecule has 0 radical (unpaired) electrons. The molecule has 0 saturated heterocycles. The Balaban J connectivity index is 2.95. The van der Waals surface area contributed by atoms with Gasteiger partial charge in [0.05, 0.1) is 0 Å². The van der Waals surface area contributed by atoms with Crippen LogP contribution < -0.4 is 5.32 Å². The first-order valence-electron chi connectivity index (χ1n) is 9.74. The largest absolute Gasteiger partial charge is 0.371 e. The predicted molar refractivity (Wildman–Crippen MR) is 109 cm³/mol. The molecule has 0 unspecified atom stereocenters. The molecule has 0 aromatic carbocycles. The van der Waals surface area contributed by atoms with Crippen molar-refractivity contribution >= 4 is 29.2 Å². The zero-order valence-corrected chi connectivity index (χ0v) is 16.6. The molecule has 0 aliphatic carbocycles. The van der Waals surface area contributed by atoms with Crippen molar-refractivity contribution < 1.29 is 0 Å². The van der Waals surface area contributed by atoms with E-state index in [-0.39, 0.29) is 0 Å². The maximum atomic E-state index is 4.86. The molecule has 0 amide bonds. The Hall–Kier alpha value is 0.240. The lowest BCUT2D eigenvalue weighted by Gasteiger charge is -2.04. The van der Waals surface area contributed by atoms with Crippen molar-refractivity contribution in [1.29, 1.82) is 0 Å². The Morgan fingerprint density at radius 2 is 0.955 bits per heavy atom. The summed E-state index contributed by atoms with van der Waals surface area (Å²) in [6.07, 6.45) is 22.7. The molecule has 0 aliphatic heterocycles. The van der Waals surface area contributed by atoms with Gasteiger partial charge in [0.2, 0.25) is 0 Å². The van der Waals surface area contributed by atoms with Gasteiger partial charge in [-0.05, 0) is 6.42 Å². The Morgan fingerprint density at radius 3 is 1.27 bits per heavy atom. The molecule has 0 rings (SSSR count). The quantitative estimate of drug-likeness (QED) is 0.166. The maximum absolute atomic E-state index is 4.86. The van der Waals surface area contributed by atoms with E-state index in [0.29, 0.717) is 4.32 Å². The summed E-state index contributed by atoms with van der Waals surface area (Å²) in [5.74, 6) is 0. The average Bonchev–Trinajstić information content (AvgIpc) is 2.50. The van der Waals surface area contributed by atoms with Crippen LogP contribution in [0.1, 0.15) is 110 Å². The van der Waals surface area contributed by atoms with Gasteiger partial charge in [-0.25, -0.2) is 0 Å². The third-order valence-corrected chi connectivity index (χ3v) is 4.61. The smallest absolute Gasteiger partial charge is 0.130 e. The number of nitrogens with one attached hydrogen (secondary N) is 1. The molecule has 0 atom stereocenters. The van der Waals surface area contributed by atoms with Crippen molar-refractivity contribution in [3.8, 4) is 0 Å². The van der Waals surface area contributed by atoms with Gasteiger partial charge < -0.3 is 5.32 Å². The Kier molecular flexibility index (Phi) is 19.5. The fourth-order valence-corrected chi connectivity index (χ4v) is 3.08. The molecule has 0 aromatic rings. The molecule has 0 fully saturated rings. The SMILES string of the molecule is CCCCCCCCCCCCCCCCCCNC(=S)S. The number of thiol groups is 1. The summed E-state index contributed by atoms with van der Waals surface area (Å²) in [7, 11) is 0. The lowest BCUT2D eigenvalue weighted by Crippen LogP contribution is -2.17. The average molecular weight is 346 g/mol. The van der Waals surface area contributed by atoms with Gasteiger partial charge in [-0.3, -0.25) is 0 Å². The zero-order valence-electron chi connectivity index (χ0n) is 14.9. The number of rotatable bonds is 17. The van der Waals surface area contributed by atoms with Crippen LogP contribution in [-0.4, -0.2) is 10.9 Å². The highest BCUT2D eigenvalue weighted by Gasteiger charge is 1.94. The van der Waals surface area contributed by atoms with Crippen LogP contribution in [0.25, 0.3) is 0 Å². The van der Waals surface area contributed by atoms with Crippen LogP contribution in [0.4, 0.5) is 0 Å². The molecule has 0 aliphatic rings. The van der Waals surface area contributed by atoms with Gasteiger partial charge >= 0.3 is 0 Å². The lowest BCUT2D eigenvalue weighted by molar-refractivity contribution is 0.529. The molecule has 0 bridgehead atoms. The van der Waals surface area contributed by atoms with Crippen LogP contribution in [-0.2, 0) is 0 Å². The molecule has 0 aromatic heterocycles. The molecule has 0 heterocycles. The Morgan fingerprint density at radius 1 is 0.636 bits per heavy atom. The monoisotopic (exact) mass is 345 g/mol. The summed E-state index contributed by atoms with van der Waals surface area (Å²) in [5, 5.41) is 3.09. The highest BCUT2D eigenvalue weighted by Crippen LogP contribution is 2.13. The van der Waals surface area contributed by atoms with Crippen molar-refractivity contribution in [3.05, 3.63) is 0 Å². The molecule has 1 N–H and O–H groups in total. The summed E-state index contributed by atoms with van der Waals surface area (Å²) >= 11 is 8.91. The van der Waals surface area contributed by atoms with Gasteiger partial charge in [-0.1, -0.05) is 115 Å². The highest BCUT2D eigenvalue weighted by atomic mass is 32.1. The van der Waals surface area contributed by atoms with Gasteiger partial charge in [0.25, 0.3) is 0 Å². The minimum atomic E-state index is 0.626. The predicted octanol–water partition coefficient (Wildman–Crippen LogP) is 7.05. The second-order valence-corrected chi connectivity index (χ2v) is 7.69. The van der Waals surface area contributed by atoms with Crippen LogP contribution in [0.5, 0.6) is 0 Å². The highest BCUT2D eigenvalue weighted by molar-refractivity contribution is 8.11. The van der Waals surface area contributed by atoms with E-state index in [4.69, 9.17) is 12.2 Å². The van der Waals surface area contributed by atoms with Crippen LogP contribution in [0.3, 0.4) is 0 Å². The first-order valence-corrected chi connectivity index (χ1v) is 10.6. The topological polar surface area (TPSA) is 12.0 Å². The summed E-state index contributed by atoms with van der Waals surface area (Å²) in [6.45, 7) is 3.28. The van der Waals surface area contributed by atoms with Gasteiger partial charge in [0, 0.05) is 6.54 Å². The number of thiocarbonyl (C=S) groups is 1. The van der Waals surface area contributed by atoms with Crippen LogP contribution >= 0.6 is 24.8 Å². The standard InChI is InChI=1S/C19H39NS2/c1-2-3-4-5-6-7-8-9-10-11-12-13-14-15-16-17-18-20-19(21)22/h2-18H2,1H3,(H2,20,21,22). The molecular formula is C19H39NS2. The minimum Gasteiger partial charge on any atom is -0.371 e. The fraction of sp³-hybridized carbons (Fsp3) is 0.947. The second-order valence-electron chi connectivity index (χ2n) is 6.54.